The first-order valence-electron chi connectivity index (χ1n) is 9.02. The van der Waals surface area contributed by atoms with Gasteiger partial charge in [0.1, 0.15) is 5.82 Å². The van der Waals surface area contributed by atoms with Crippen LogP contribution in [0, 0.1) is 5.82 Å². The Hall–Kier alpha value is -1.76. The average molecular weight is 376 g/mol. The summed E-state index contributed by atoms with van der Waals surface area (Å²) in [5, 5.41) is 0. The van der Waals surface area contributed by atoms with Gasteiger partial charge in [0.2, 0.25) is 10.0 Å². The van der Waals surface area contributed by atoms with Gasteiger partial charge in [-0.25, -0.2) is 17.5 Å². The predicted molar refractivity (Wildman–Crippen MR) is 101 cm³/mol. The van der Waals surface area contributed by atoms with Crippen LogP contribution in [0.15, 0.2) is 48.5 Å². The van der Waals surface area contributed by atoms with Crippen molar-refractivity contribution in [2.45, 2.75) is 38.1 Å². The zero-order chi connectivity index (χ0) is 18.4. The number of rotatable bonds is 7. The van der Waals surface area contributed by atoms with Crippen LogP contribution in [0.5, 0.6) is 0 Å². The topological polar surface area (TPSA) is 49.4 Å². The minimum absolute atomic E-state index is 0.152. The number of hydrogen-bond donors (Lipinski definition) is 1. The molecule has 1 fully saturated rings. The molecular weight excluding hydrogens is 351 g/mol. The van der Waals surface area contributed by atoms with Gasteiger partial charge in [0.15, 0.2) is 0 Å². The molecule has 0 amide bonds. The first-order chi connectivity index (χ1) is 12.5. The van der Waals surface area contributed by atoms with E-state index in [-0.39, 0.29) is 18.1 Å². The van der Waals surface area contributed by atoms with Crippen LogP contribution in [0.25, 0.3) is 0 Å². The Labute approximate surface area is 155 Å². The molecule has 2 aromatic rings. The fraction of sp³-hybridized carbons (Fsp3) is 0.400. The van der Waals surface area contributed by atoms with Crippen LogP contribution in [0.3, 0.4) is 0 Å². The van der Waals surface area contributed by atoms with E-state index in [4.69, 9.17) is 0 Å². The Morgan fingerprint density at radius 1 is 0.846 bits per heavy atom. The lowest BCUT2D eigenvalue weighted by atomic mass is 10.1. The number of nitrogens with zero attached hydrogens (tertiary/aromatic N) is 1. The van der Waals surface area contributed by atoms with Crippen LogP contribution in [0.2, 0.25) is 0 Å². The Balaban J connectivity index is 1.51. The second-order valence-corrected chi connectivity index (χ2v) is 8.67. The monoisotopic (exact) mass is 376 g/mol. The summed E-state index contributed by atoms with van der Waals surface area (Å²) in [4.78, 5) is 2.46. The van der Waals surface area contributed by atoms with E-state index >= 15 is 0 Å². The molecular formula is C20H25FN2O2S. The first kappa shape index (κ1) is 19.0. The van der Waals surface area contributed by atoms with Crippen LogP contribution in [0.4, 0.5) is 4.39 Å². The van der Waals surface area contributed by atoms with Crippen molar-refractivity contribution in [1.29, 1.82) is 0 Å². The van der Waals surface area contributed by atoms with Gasteiger partial charge in [0.05, 0.1) is 5.75 Å². The molecule has 0 aliphatic carbocycles. The van der Waals surface area contributed by atoms with Crippen molar-refractivity contribution in [3.8, 4) is 0 Å². The number of hydrogen-bond acceptors (Lipinski definition) is 3. The largest absolute Gasteiger partial charge is 0.299 e. The lowest BCUT2D eigenvalue weighted by Crippen LogP contribution is -2.29. The summed E-state index contributed by atoms with van der Waals surface area (Å²) in [5.41, 5.74) is 2.75. The molecule has 0 bridgehead atoms. The third-order valence-corrected chi connectivity index (χ3v) is 5.94. The molecule has 2 aromatic carbocycles. The number of benzene rings is 2. The molecule has 140 valence electrons. The van der Waals surface area contributed by atoms with Gasteiger partial charge in [-0.05, 0) is 54.8 Å². The van der Waals surface area contributed by atoms with Crippen LogP contribution in [-0.2, 0) is 28.9 Å². The number of halogens is 1. The first-order valence-corrected chi connectivity index (χ1v) is 10.7. The molecule has 1 N–H and O–H groups in total. The van der Waals surface area contributed by atoms with E-state index in [0.29, 0.717) is 5.56 Å². The smallest absolute Gasteiger partial charge is 0.216 e. The summed E-state index contributed by atoms with van der Waals surface area (Å²) in [5.74, 6) is -0.524. The van der Waals surface area contributed by atoms with E-state index < -0.39 is 10.0 Å². The van der Waals surface area contributed by atoms with Crippen molar-refractivity contribution in [3.05, 3.63) is 71.0 Å². The molecule has 1 aliphatic rings. The summed E-state index contributed by atoms with van der Waals surface area (Å²) in [6.07, 6.45) is 3.87. The number of nitrogens with one attached hydrogen (secondary N) is 1. The molecule has 0 radical (unpaired) electrons. The quantitative estimate of drug-likeness (QED) is 0.805. The van der Waals surface area contributed by atoms with Crippen molar-refractivity contribution in [1.82, 2.24) is 9.62 Å². The molecule has 0 atom stereocenters. The van der Waals surface area contributed by atoms with Gasteiger partial charge in [0.25, 0.3) is 0 Å². The average Bonchev–Trinajstić information content (AvgIpc) is 2.64. The SMILES string of the molecule is O=S(=O)(Cc1ccc(F)cc1)NCc1ccc(CN2CCCCC2)cc1. The van der Waals surface area contributed by atoms with E-state index in [0.717, 1.165) is 25.2 Å². The van der Waals surface area contributed by atoms with Gasteiger partial charge in [0, 0.05) is 13.1 Å². The van der Waals surface area contributed by atoms with Crippen molar-refractivity contribution in [3.63, 3.8) is 0 Å². The zero-order valence-corrected chi connectivity index (χ0v) is 15.6. The summed E-state index contributed by atoms with van der Waals surface area (Å²) in [7, 11) is -3.46. The van der Waals surface area contributed by atoms with E-state index in [1.807, 2.05) is 12.1 Å². The van der Waals surface area contributed by atoms with E-state index in [1.54, 1.807) is 0 Å². The minimum Gasteiger partial charge on any atom is -0.299 e. The molecule has 6 heteroatoms. The second kappa shape index (κ2) is 8.75. The van der Waals surface area contributed by atoms with Crippen molar-refractivity contribution in [2.24, 2.45) is 0 Å². The third-order valence-electron chi connectivity index (χ3n) is 4.64. The molecule has 0 unspecified atom stereocenters. The number of likely N-dealkylation sites (tertiary alicyclic amines) is 1. The number of sulfonamides is 1. The highest BCUT2D eigenvalue weighted by Gasteiger charge is 2.12. The van der Waals surface area contributed by atoms with Gasteiger partial charge >= 0.3 is 0 Å². The maximum atomic E-state index is 12.9. The highest BCUT2D eigenvalue weighted by Crippen LogP contribution is 2.14. The minimum atomic E-state index is -3.46. The lowest BCUT2D eigenvalue weighted by molar-refractivity contribution is 0.221. The number of piperidine rings is 1. The highest BCUT2D eigenvalue weighted by molar-refractivity contribution is 7.88. The summed E-state index contributed by atoms with van der Waals surface area (Å²) < 4.78 is 39.9. The molecule has 1 heterocycles. The van der Waals surface area contributed by atoms with Gasteiger partial charge in [-0.2, -0.15) is 0 Å². The normalized spacial score (nSPS) is 15.9. The van der Waals surface area contributed by atoms with Crippen molar-refractivity contribution >= 4 is 10.0 Å². The van der Waals surface area contributed by atoms with Gasteiger partial charge < -0.3 is 0 Å². The predicted octanol–water partition coefficient (Wildman–Crippen LogP) is 3.43. The Morgan fingerprint density at radius 2 is 1.42 bits per heavy atom. The third kappa shape index (κ3) is 5.90. The molecule has 0 saturated carbocycles. The van der Waals surface area contributed by atoms with Gasteiger partial charge in [-0.3, -0.25) is 4.90 Å². The molecule has 26 heavy (non-hydrogen) atoms. The van der Waals surface area contributed by atoms with Crippen LogP contribution < -0.4 is 4.72 Å². The van der Waals surface area contributed by atoms with Crippen LogP contribution >= 0.6 is 0 Å². The summed E-state index contributed by atoms with van der Waals surface area (Å²) >= 11 is 0. The molecule has 3 rings (SSSR count). The Bertz CT molecular complexity index is 799. The highest BCUT2D eigenvalue weighted by atomic mass is 32.2. The zero-order valence-electron chi connectivity index (χ0n) is 14.8. The molecule has 1 saturated heterocycles. The van der Waals surface area contributed by atoms with E-state index in [9.17, 15) is 12.8 Å². The van der Waals surface area contributed by atoms with Crippen LogP contribution in [0.1, 0.15) is 36.0 Å². The lowest BCUT2D eigenvalue weighted by Gasteiger charge is -2.26. The maximum absolute atomic E-state index is 12.9. The van der Waals surface area contributed by atoms with E-state index in [2.05, 4.69) is 21.8 Å². The fourth-order valence-corrected chi connectivity index (χ4v) is 4.30. The fourth-order valence-electron chi connectivity index (χ4n) is 3.18. The Kier molecular flexibility index (Phi) is 6.40. The summed E-state index contributed by atoms with van der Waals surface area (Å²) in [6.45, 7) is 3.53. The maximum Gasteiger partial charge on any atom is 0.216 e. The van der Waals surface area contributed by atoms with E-state index in [1.165, 1.54) is 49.1 Å². The molecule has 0 aromatic heterocycles. The van der Waals surface area contributed by atoms with Gasteiger partial charge in [-0.1, -0.05) is 42.8 Å². The molecule has 0 spiro atoms. The molecule has 4 nitrogen and oxygen atoms in total. The van der Waals surface area contributed by atoms with Crippen LogP contribution in [-0.4, -0.2) is 26.4 Å². The Morgan fingerprint density at radius 3 is 2.08 bits per heavy atom. The van der Waals surface area contributed by atoms with Crippen molar-refractivity contribution in [2.75, 3.05) is 13.1 Å². The van der Waals surface area contributed by atoms with Crippen molar-refractivity contribution < 1.29 is 12.8 Å². The molecule has 1 aliphatic heterocycles. The van der Waals surface area contributed by atoms with Gasteiger partial charge in [-0.15, -0.1) is 0 Å². The summed E-state index contributed by atoms with van der Waals surface area (Å²) in [6, 6.07) is 13.6. The second-order valence-electron chi connectivity index (χ2n) is 6.86. The standard InChI is InChI=1S/C20H25FN2O2S/c21-20-10-8-19(9-11-20)16-26(24,25)22-14-17-4-6-18(7-5-17)15-23-12-2-1-3-13-23/h4-11,22H,1-3,12-16H2.